The lowest BCUT2D eigenvalue weighted by Gasteiger charge is -2.36. The number of anilines is 1. The maximum atomic E-state index is 12.9. The van der Waals surface area contributed by atoms with E-state index in [0.717, 1.165) is 12.2 Å². The summed E-state index contributed by atoms with van der Waals surface area (Å²) in [7, 11) is 0. The third-order valence-electron chi connectivity index (χ3n) is 3.79. The molecule has 0 saturated carbocycles. The molecule has 23 heavy (non-hydrogen) atoms. The Morgan fingerprint density at radius 2 is 1.74 bits per heavy atom. The normalized spacial score (nSPS) is 17.8. The van der Waals surface area contributed by atoms with Crippen LogP contribution in [0.1, 0.15) is 0 Å². The minimum absolute atomic E-state index is 0.302. The van der Waals surface area contributed by atoms with E-state index in [4.69, 9.17) is 10.5 Å². The molecule has 3 N–H and O–H groups in total. The highest BCUT2D eigenvalue weighted by atomic mass is 19.1. The summed E-state index contributed by atoms with van der Waals surface area (Å²) in [4.78, 5) is 13.5. The van der Waals surface area contributed by atoms with Gasteiger partial charge >= 0.3 is 0 Å². The number of piperazine rings is 1. The molecule has 0 radical (unpaired) electrons. The molecule has 0 bridgehead atoms. The number of rotatable bonds is 4. The van der Waals surface area contributed by atoms with Crippen molar-refractivity contribution in [3.8, 4) is 11.5 Å². The van der Waals surface area contributed by atoms with E-state index < -0.39 is 0 Å². The number of hydrogen-bond donors (Lipinski definition) is 2. The van der Waals surface area contributed by atoms with Gasteiger partial charge in [0.05, 0.1) is 0 Å². The molecule has 3 rings (SSSR count). The first-order valence-electron chi connectivity index (χ1n) is 7.43. The van der Waals surface area contributed by atoms with E-state index in [1.807, 2.05) is 29.2 Å². The monoisotopic (exact) mass is 315 g/mol. The van der Waals surface area contributed by atoms with Gasteiger partial charge in [0.15, 0.2) is 0 Å². The van der Waals surface area contributed by atoms with Crippen LogP contribution in [0.5, 0.6) is 11.5 Å². The Kier molecular flexibility index (Phi) is 4.43. The highest BCUT2D eigenvalue weighted by Gasteiger charge is 2.26. The van der Waals surface area contributed by atoms with Crippen LogP contribution >= 0.6 is 0 Å². The molecule has 1 unspecified atom stereocenters. The van der Waals surface area contributed by atoms with Gasteiger partial charge in [-0.05, 0) is 48.5 Å². The highest BCUT2D eigenvalue weighted by molar-refractivity contribution is 5.84. The summed E-state index contributed by atoms with van der Waals surface area (Å²) in [6.45, 7) is 2.06. The number of hydrogen-bond acceptors (Lipinski definition) is 4. The minimum Gasteiger partial charge on any atom is -0.457 e. The van der Waals surface area contributed by atoms with Gasteiger partial charge in [0, 0.05) is 25.3 Å². The molecule has 1 aliphatic heterocycles. The molecule has 1 heterocycles. The fourth-order valence-corrected chi connectivity index (χ4v) is 2.61. The fraction of sp³-hybridized carbons (Fsp3) is 0.235. The number of amides is 1. The quantitative estimate of drug-likeness (QED) is 0.904. The van der Waals surface area contributed by atoms with Crippen LogP contribution < -0.4 is 20.7 Å². The van der Waals surface area contributed by atoms with Crippen molar-refractivity contribution in [2.45, 2.75) is 6.04 Å². The number of nitrogens with two attached hydrogens (primary N) is 1. The maximum Gasteiger partial charge on any atom is 0.241 e. The zero-order valence-electron chi connectivity index (χ0n) is 12.5. The van der Waals surface area contributed by atoms with Crippen molar-refractivity contribution >= 4 is 11.6 Å². The molecule has 1 aliphatic rings. The van der Waals surface area contributed by atoms with Gasteiger partial charge in [-0.1, -0.05) is 0 Å². The maximum absolute atomic E-state index is 12.9. The van der Waals surface area contributed by atoms with Gasteiger partial charge in [-0.15, -0.1) is 0 Å². The lowest BCUT2D eigenvalue weighted by molar-refractivity contribution is -0.119. The summed E-state index contributed by atoms with van der Waals surface area (Å²) in [5.41, 5.74) is 6.38. The smallest absolute Gasteiger partial charge is 0.241 e. The largest absolute Gasteiger partial charge is 0.457 e. The van der Waals surface area contributed by atoms with Gasteiger partial charge in [-0.25, -0.2) is 4.39 Å². The van der Waals surface area contributed by atoms with Crippen molar-refractivity contribution in [1.29, 1.82) is 0 Å². The molecule has 120 valence electrons. The average Bonchev–Trinajstić information content (AvgIpc) is 2.58. The van der Waals surface area contributed by atoms with Crippen molar-refractivity contribution < 1.29 is 13.9 Å². The Morgan fingerprint density at radius 1 is 1.13 bits per heavy atom. The lowest BCUT2D eigenvalue weighted by Crippen LogP contribution is -2.57. The van der Waals surface area contributed by atoms with Crippen molar-refractivity contribution in [3.05, 3.63) is 54.3 Å². The molecule has 1 atom stereocenters. The van der Waals surface area contributed by atoms with E-state index in [-0.39, 0.29) is 17.8 Å². The number of ether oxygens (including phenoxy) is 1. The zero-order chi connectivity index (χ0) is 16.2. The Balaban J connectivity index is 1.73. The number of halogens is 1. The van der Waals surface area contributed by atoms with Crippen molar-refractivity contribution in [3.63, 3.8) is 0 Å². The molecular formula is C17H18FN3O2. The first kappa shape index (κ1) is 15.3. The van der Waals surface area contributed by atoms with Crippen molar-refractivity contribution in [1.82, 2.24) is 5.32 Å². The number of carbonyl (C=O) groups is 1. The standard InChI is InChI=1S/C17H18FN3O2/c18-12-1-5-14(6-2-12)23-15-7-3-13(4-8-15)21-10-9-20-11-16(21)17(19)22/h1-8,16,20H,9-11H2,(H2,19,22). The minimum atomic E-state index is -0.354. The Bertz CT molecular complexity index is 673. The summed E-state index contributed by atoms with van der Waals surface area (Å²) in [5, 5.41) is 3.17. The van der Waals surface area contributed by atoms with E-state index in [0.29, 0.717) is 24.6 Å². The molecule has 5 nitrogen and oxygen atoms in total. The molecule has 2 aromatic rings. The molecule has 0 aromatic heterocycles. The SMILES string of the molecule is NC(=O)C1CNCCN1c1ccc(Oc2ccc(F)cc2)cc1. The molecule has 1 amide bonds. The molecule has 1 saturated heterocycles. The van der Waals surface area contributed by atoms with Gasteiger partial charge in [-0.3, -0.25) is 4.79 Å². The predicted molar refractivity (Wildman–Crippen MR) is 86.1 cm³/mol. The number of nitrogens with zero attached hydrogens (tertiary/aromatic N) is 1. The Labute approximate surface area is 133 Å². The molecule has 6 heteroatoms. The van der Waals surface area contributed by atoms with Crippen LogP contribution in [0.15, 0.2) is 48.5 Å². The molecule has 0 spiro atoms. The van der Waals surface area contributed by atoms with Gasteiger partial charge in [0.1, 0.15) is 23.4 Å². The van der Waals surface area contributed by atoms with Crippen LogP contribution in [-0.2, 0) is 4.79 Å². The Morgan fingerprint density at radius 3 is 2.35 bits per heavy atom. The number of carbonyl (C=O) groups excluding carboxylic acids is 1. The zero-order valence-corrected chi connectivity index (χ0v) is 12.5. The average molecular weight is 315 g/mol. The summed E-state index contributed by atoms with van der Waals surface area (Å²) in [5.74, 6) is 0.565. The van der Waals surface area contributed by atoms with Crippen LogP contribution in [-0.4, -0.2) is 31.6 Å². The molecule has 1 fully saturated rings. The predicted octanol–water partition coefficient (Wildman–Crippen LogP) is 1.88. The van der Waals surface area contributed by atoms with Gasteiger partial charge in [0.25, 0.3) is 0 Å². The van der Waals surface area contributed by atoms with Crippen LogP contribution in [0, 0.1) is 5.82 Å². The fourth-order valence-electron chi connectivity index (χ4n) is 2.61. The molecule has 2 aromatic carbocycles. The summed E-state index contributed by atoms with van der Waals surface area (Å²) >= 11 is 0. The van der Waals surface area contributed by atoms with E-state index in [9.17, 15) is 9.18 Å². The first-order chi connectivity index (χ1) is 11.1. The van der Waals surface area contributed by atoms with E-state index in [1.165, 1.54) is 12.1 Å². The Hall–Kier alpha value is -2.60. The molecular weight excluding hydrogens is 297 g/mol. The summed E-state index contributed by atoms with van der Waals surface area (Å²) in [6, 6.07) is 12.9. The third kappa shape index (κ3) is 3.60. The van der Waals surface area contributed by atoms with Gasteiger partial charge in [-0.2, -0.15) is 0 Å². The summed E-state index contributed by atoms with van der Waals surface area (Å²) < 4.78 is 18.5. The topological polar surface area (TPSA) is 67.6 Å². The number of nitrogens with one attached hydrogen (secondary N) is 1. The van der Waals surface area contributed by atoms with Crippen LogP contribution in [0.3, 0.4) is 0 Å². The lowest BCUT2D eigenvalue weighted by atomic mass is 10.1. The van der Waals surface area contributed by atoms with Gasteiger partial charge in [0.2, 0.25) is 5.91 Å². The molecule has 0 aliphatic carbocycles. The van der Waals surface area contributed by atoms with Gasteiger partial charge < -0.3 is 20.7 Å². The highest BCUT2D eigenvalue weighted by Crippen LogP contribution is 2.26. The third-order valence-corrected chi connectivity index (χ3v) is 3.79. The summed E-state index contributed by atoms with van der Waals surface area (Å²) in [6.07, 6.45) is 0. The number of primary amides is 1. The van der Waals surface area contributed by atoms with Crippen molar-refractivity contribution in [2.24, 2.45) is 5.73 Å². The second-order valence-corrected chi connectivity index (χ2v) is 5.37. The van der Waals surface area contributed by atoms with E-state index in [2.05, 4.69) is 5.32 Å². The second kappa shape index (κ2) is 6.66. The van der Waals surface area contributed by atoms with Crippen LogP contribution in [0.4, 0.5) is 10.1 Å². The number of benzene rings is 2. The first-order valence-corrected chi connectivity index (χ1v) is 7.43. The van der Waals surface area contributed by atoms with Crippen LogP contribution in [0.2, 0.25) is 0 Å². The van der Waals surface area contributed by atoms with E-state index >= 15 is 0 Å². The second-order valence-electron chi connectivity index (χ2n) is 5.37. The van der Waals surface area contributed by atoms with Crippen molar-refractivity contribution in [2.75, 3.05) is 24.5 Å². The van der Waals surface area contributed by atoms with Crippen LogP contribution in [0.25, 0.3) is 0 Å². The van der Waals surface area contributed by atoms with E-state index in [1.54, 1.807) is 12.1 Å².